The van der Waals surface area contributed by atoms with Crippen LogP contribution in [0.2, 0.25) is 5.15 Å². The monoisotopic (exact) mass is 324 g/mol. The molecule has 0 fully saturated rings. The maximum absolute atomic E-state index is 13.4. The molecule has 3 heterocycles. The third-order valence-corrected chi connectivity index (χ3v) is 3.58. The summed E-state index contributed by atoms with van der Waals surface area (Å²) in [5.74, 6) is 0. The van der Waals surface area contributed by atoms with Crippen molar-refractivity contribution in [3.63, 3.8) is 0 Å². The highest BCUT2D eigenvalue weighted by Gasteiger charge is 2.14. The molecule has 0 saturated heterocycles. The molecule has 0 aliphatic carbocycles. The fourth-order valence-electron chi connectivity index (χ4n) is 1.99. The summed E-state index contributed by atoms with van der Waals surface area (Å²) < 4.78 is 20.0. The first-order chi connectivity index (χ1) is 10.2. The first-order valence-electron chi connectivity index (χ1n) is 6.15. The van der Waals surface area contributed by atoms with E-state index in [2.05, 4.69) is 15.0 Å². The second kappa shape index (κ2) is 5.87. The number of nitrogens with zero attached hydrogens (tertiary/aromatic N) is 4. The minimum absolute atomic E-state index is 0.0834. The summed E-state index contributed by atoms with van der Waals surface area (Å²) in [6, 6.07) is 5.35. The normalized spacial score (nSPS) is 11.0. The Morgan fingerprint density at radius 1 is 1.38 bits per heavy atom. The van der Waals surface area contributed by atoms with Gasteiger partial charge in [-0.1, -0.05) is 11.6 Å². The van der Waals surface area contributed by atoms with E-state index in [4.69, 9.17) is 16.3 Å². The maximum Gasteiger partial charge on any atom is 0.316 e. The molecule has 8 heteroatoms. The molecular weight excluding hydrogens is 315 g/mol. The van der Waals surface area contributed by atoms with Crippen molar-refractivity contribution in [1.82, 2.24) is 18.9 Å². The van der Waals surface area contributed by atoms with Crippen molar-refractivity contribution < 1.29 is 8.62 Å². The molecule has 0 aliphatic heterocycles. The predicted molar refractivity (Wildman–Crippen MR) is 81.0 cm³/mol. The average molecular weight is 325 g/mol. The molecule has 0 atom stereocenters. The van der Waals surface area contributed by atoms with Crippen LogP contribution in [0.3, 0.4) is 0 Å². The smallest absolute Gasteiger partial charge is 0.316 e. The molecule has 0 bridgehead atoms. The zero-order valence-electron chi connectivity index (χ0n) is 11.0. The van der Waals surface area contributed by atoms with Crippen LogP contribution in [0.1, 0.15) is 6.92 Å². The number of hydrogen-bond donors (Lipinski definition) is 0. The van der Waals surface area contributed by atoms with E-state index in [0.717, 1.165) is 5.39 Å². The molecule has 108 valence electrons. The van der Waals surface area contributed by atoms with Gasteiger partial charge in [0.1, 0.15) is 5.15 Å². The van der Waals surface area contributed by atoms with Crippen molar-refractivity contribution in [3.8, 4) is 17.4 Å². The summed E-state index contributed by atoms with van der Waals surface area (Å²) in [6.07, 6.45) is 3.17. The first kappa shape index (κ1) is 14.1. The van der Waals surface area contributed by atoms with Gasteiger partial charge in [-0.2, -0.15) is 4.98 Å². The molecule has 0 saturated carbocycles. The summed E-state index contributed by atoms with van der Waals surface area (Å²) >= 11 is 5.95. The van der Waals surface area contributed by atoms with E-state index in [1.54, 1.807) is 30.6 Å². The van der Waals surface area contributed by atoms with Gasteiger partial charge in [-0.3, -0.25) is 3.97 Å². The summed E-state index contributed by atoms with van der Waals surface area (Å²) in [4.78, 5) is 12.3. The second-order valence-electron chi connectivity index (χ2n) is 4.12. The van der Waals surface area contributed by atoms with Crippen LogP contribution < -0.4 is 4.74 Å². The Balaban J connectivity index is 2.17. The molecule has 0 spiro atoms. The number of hydrogen-bond acceptors (Lipinski definition) is 5. The summed E-state index contributed by atoms with van der Waals surface area (Å²) in [5.41, 5.74) is 1.78. The van der Waals surface area contributed by atoms with E-state index >= 15 is 0 Å². The van der Waals surface area contributed by atoms with Crippen molar-refractivity contribution in [2.45, 2.75) is 6.92 Å². The first-order valence-corrected chi connectivity index (χ1v) is 7.20. The molecule has 3 aromatic rings. The van der Waals surface area contributed by atoms with Gasteiger partial charge in [-0.05, 0) is 19.1 Å². The minimum atomic E-state index is 0.0834. The Hall–Kier alpha value is -1.86. The second-order valence-corrected chi connectivity index (χ2v) is 5.01. The third kappa shape index (κ3) is 2.66. The van der Waals surface area contributed by atoms with Crippen LogP contribution in [0.5, 0.6) is 6.01 Å². The molecule has 0 amide bonds. The van der Waals surface area contributed by atoms with Crippen LogP contribution in [-0.2, 0) is 0 Å². The van der Waals surface area contributed by atoms with Crippen LogP contribution in [-0.4, -0.2) is 25.5 Å². The predicted octanol–water partition coefficient (Wildman–Crippen LogP) is 3.93. The molecule has 0 radical (unpaired) electrons. The highest BCUT2D eigenvalue weighted by Crippen LogP contribution is 2.32. The Kier molecular flexibility index (Phi) is 3.94. The third-order valence-electron chi connectivity index (χ3n) is 2.85. The fourth-order valence-corrected chi connectivity index (χ4v) is 2.59. The van der Waals surface area contributed by atoms with E-state index in [1.807, 2.05) is 6.92 Å². The lowest BCUT2D eigenvalue weighted by molar-refractivity contribution is 0.313. The SMILES string of the molecule is CCOc1nccc(-c2cc3cnc(Cl)cc3n2SF)n1. The lowest BCUT2D eigenvalue weighted by Gasteiger charge is -2.05. The largest absolute Gasteiger partial charge is 0.464 e. The van der Waals surface area contributed by atoms with Crippen LogP contribution >= 0.6 is 23.9 Å². The topological polar surface area (TPSA) is 52.8 Å². The molecule has 0 aromatic carbocycles. The zero-order chi connectivity index (χ0) is 14.8. The Bertz CT molecular complexity index is 795. The summed E-state index contributed by atoms with van der Waals surface area (Å²) in [7, 11) is 0. The molecule has 5 nitrogen and oxygen atoms in total. The van der Waals surface area contributed by atoms with Gasteiger partial charge < -0.3 is 4.74 Å². The Labute approximate surface area is 129 Å². The van der Waals surface area contributed by atoms with Gasteiger partial charge in [0.15, 0.2) is 12.3 Å². The van der Waals surface area contributed by atoms with Gasteiger partial charge in [-0.25, -0.2) is 9.97 Å². The van der Waals surface area contributed by atoms with Crippen molar-refractivity contribution in [3.05, 3.63) is 35.7 Å². The number of halogens is 2. The van der Waals surface area contributed by atoms with E-state index in [0.29, 0.717) is 28.7 Å². The number of fused-ring (bicyclic) bond motifs is 1. The van der Waals surface area contributed by atoms with Crippen LogP contribution in [0.25, 0.3) is 22.3 Å². The number of rotatable bonds is 4. The minimum Gasteiger partial charge on any atom is -0.464 e. The van der Waals surface area contributed by atoms with Crippen molar-refractivity contribution in [2.75, 3.05) is 6.61 Å². The maximum atomic E-state index is 13.4. The van der Waals surface area contributed by atoms with E-state index < -0.39 is 0 Å². The fraction of sp³-hybridized carbons (Fsp3) is 0.154. The number of aromatic nitrogens is 4. The highest BCUT2D eigenvalue weighted by atomic mass is 35.5. The van der Waals surface area contributed by atoms with Gasteiger partial charge in [-0.15, -0.1) is 3.89 Å². The lowest BCUT2D eigenvalue weighted by atomic mass is 10.3. The number of pyridine rings is 1. The Morgan fingerprint density at radius 2 is 2.24 bits per heavy atom. The number of ether oxygens (including phenoxy) is 1. The molecule has 0 aliphatic rings. The van der Waals surface area contributed by atoms with Gasteiger partial charge >= 0.3 is 6.01 Å². The van der Waals surface area contributed by atoms with Crippen LogP contribution in [0.15, 0.2) is 30.6 Å². The lowest BCUT2D eigenvalue weighted by Crippen LogP contribution is -1.99. The van der Waals surface area contributed by atoms with Crippen LogP contribution in [0.4, 0.5) is 3.89 Å². The summed E-state index contributed by atoms with van der Waals surface area (Å²) in [5, 5.41) is 1.08. The molecule has 3 rings (SSSR count). The van der Waals surface area contributed by atoms with E-state index in [1.165, 1.54) is 3.97 Å². The molecule has 0 unspecified atom stereocenters. The van der Waals surface area contributed by atoms with Gasteiger partial charge in [0, 0.05) is 23.8 Å². The molecular formula is C13H10ClFN4OS. The van der Waals surface area contributed by atoms with E-state index in [-0.39, 0.29) is 18.3 Å². The average Bonchev–Trinajstić information content (AvgIpc) is 2.85. The summed E-state index contributed by atoms with van der Waals surface area (Å²) in [6.45, 7) is 2.31. The zero-order valence-corrected chi connectivity index (χ0v) is 12.5. The van der Waals surface area contributed by atoms with Crippen molar-refractivity contribution >= 4 is 34.8 Å². The van der Waals surface area contributed by atoms with Crippen molar-refractivity contribution in [1.29, 1.82) is 0 Å². The Morgan fingerprint density at radius 3 is 3.00 bits per heavy atom. The van der Waals surface area contributed by atoms with Crippen LogP contribution in [0, 0.1) is 0 Å². The van der Waals surface area contributed by atoms with Gasteiger partial charge in [0.05, 0.1) is 23.5 Å². The molecule has 21 heavy (non-hydrogen) atoms. The molecule has 0 N–H and O–H groups in total. The quantitative estimate of drug-likeness (QED) is 0.681. The highest BCUT2D eigenvalue weighted by molar-refractivity contribution is 7.93. The van der Waals surface area contributed by atoms with E-state index in [9.17, 15) is 3.89 Å². The standard InChI is InChI=1S/C13H10ClFN4OS/c1-2-20-13-16-4-3-9(18-13)11-5-8-7-17-12(14)6-10(8)19(11)21-15/h3-7H,2H2,1H3. The van der Waals surface area contributed by atoms with Gasteiger partial charge in [0.2, 0.25) is 0 Å². The molecule has 3 aromatic heterocycles. The van der Waals surface area contributed by atoms with Gasteiger partial charge in [0.25, 0.3) is 0 Å². The van der Waals surface area contributed by atoms with Crippen molar-refractivity contribution in [2.24, 2.45) is 0 Å².